The summed E-state index contributed by atoms with van der Waals surface area (Å²) in [6.45, 7) is 3.56. The third kappa shape index (κ3) is 3.26. The summed E-state index contributed by atoms with van der Waals surface area (Å²) in [5.74, 6) is 0.297. The second-order valence-corrected chi connectivity index (χ2v) is 5.69. The van der Waals surface area contributed by atoms with Crippen LogP contribution in [-0.2, 0) is 4.79 Å². The molecule has 0 aliphatic heterocycles. The van der Waals surface area contributed by atoms with Crippen LogP contribution in [0, 0.1) is 18.3 Å². The van der Waals surface area contributed by atoms with E-state index in [0.717, 1.165) is 5.56 Å². The van der Waals surface area contributed by atoms with E-state index in [9.17, 15) is 9.90 Å². The molecule has 26 heavy (non-hydrogen) atoms. The Morgan fingerprint density at radius 1 is 1.27 bits per heavy atom. The summed E-state index contributed by atoms with van der Waals surface area (Å²) in [6, 6.07) is 12.3. The first kappa shape index (κ1) is 17.2. The highest BCUT2D eigenvalue weighted by Crippen LogP contribution is 2.34. The van der Waals surface area contributed by atoms with E-state index in [1.54, 1.807) is 50.2 Å². The van der Waals surface area contributed by atoms with Crippen LogP contribution >= 0.6 is 0 Å². The minimum absolute atomic E-state index is 0.0370. The van der Waals surface area contributed by atoms with Gasteiger partial charge >= 0.3 is 0 Å². The number of carbonyl (C=O) groups excluding carboxylic acids is 1. The Hall–Kier alpha value is -3.66. The van der Waals surface area contributed by atoms with E-state index in [1.807, 2.05) is 0 Å². The van der Waals surface area contributed by atoms with E-state index in [-0.39, 0.29) is 11.8 Å². The number of amides is 1. The number of hydrogen-bond donors (Lipinski definition) is 2. The highest BCUT2D eigenvalue weighted by Gasteiger charge is 2.18. The summed E-state index contributed by atoms with van der Waals surface area (Å²) in [5.41, 5.74) is 3.11. The normalized spacial score (nSPS) is 10.3. The van der Waals surface area contributed by atoms with Crippen LogP contribution in [0.4, 0.5) is 5.69 Å². The number of nitrogens with zero attached hydrogens (tertiary/aromatic N) is 4. The SMILES string of the molecule is CCC(=O)Nc1ccc(-n2nc(C)c(-c3ccc(C#N)cc3)c2O)nc1. The van der Waals surface area contributed by atoms with E-state index in [4.69, 9.17) is 5.26 Å². The van der Waals surface area contributed by atoms with E-state index in [2.05, 4.69) is 21.5 Å². The smallest absolute Gasteiger partial charge is 0.224 e. The van der Waals surface area contributed by atoms with Gasteiger partial charge in [0.25, 0.3) is 0 Å². The summed E-state index contributed by atoms with van der Waals surface area (Å²) in [7, 11) is 0. The first-order valence-corrected chi connectivity index (χ1v) is 8.09. The first-order chi connectivity index (χ1) is 12.5. The number of rotatable bonds is 4. The van der Waals surface area contributed by atoms with Crippen LogP contribution in [0.25, 0.3) is 16.9 Å². The molecule has 2 aromatic heterocycles. The second-order valence-electron chi connectivity index (χ2n) is 5.69. The predicted octanol–water partition coefficient (Wildman–Crippen LogP) is 3.17. The lowest BCUT2D eigenvalue weighted by Gasteiger charge is -2.06. The van der Waals surface area contributed by atoms with Crippen LogP contribution in [0.2, 0.25) is 0 Å². The topological polar surface area (TPSA) is 104 Å². The zero-order chi connectivity index (χ0) is 18.7. The Balaban J connectivity index is 1.94. The van der Waals surface area contributed by atoms with Gasteiger partial charge in [-0.05, 0) is 36.8 Å². The van der Waals surface area contributed by atoms with Crippen LogP contribution < -0.4 is 5.32 Å². The molecule has 7 nitrogen and oxygen atoms in total. The highest BCUT2D eigenvalue weighted by molar-refractivity contribution is 5.90. The molecule has 0 unspecified atom stereocenters. The van der Waals surface area contributed by atoms with Crippen LogP contribution in [0.5, 0.6) is 5.88 Å². The maximum Gasteiger partial charge on any atom is 0.224 e. The Bertz CT molecular complexity index is 983. The standard InChI is InChI=1S/C19H17N5O2/c1-3-17(25)22-15-8-9-16(21-11-15)24-19(26)18(12(2)23-24)14-6-4-13(10-20)5-7-14/h4-9,11,26H,3H2,1-2H3,(H,22,25). The first-order valence-electron chi connectivity index (χ1n) is 8.09. The number of pyridine rings is 1. The zero-order valence-corrected chi connectivity index (χ0v) is 14.4. The van der Waals surface area contributed by atoms with Gasteiger partial charge in [0.2, 0.25) is 11.8 Å². The lowest BCUT2D eigenvalue weighted by Crippen LogP contribution is -2.10. The lowest BCUT2D eigenvalue weighted by molar-refractivity contribution is -0.115. The molecule has 0 saturated heterocycles. The number of carbonyl (C=O) groups is 1. The summed E-state index contributed by atoms with van der Waals surface area (Å²) in [6.07, 6.45) is 1.90. The van der Waals surface area contributed by atoms with Gasteiger partial charge in [0.15, 0.2) is 5.82 Å². The Kier molecular flexibility index (Phi) is 4.67. The quantitative estimate of drug-likeness (QED) is 0.754. The number of aromatic nitrogens is 3. The summed E-state index contributed by atoms with van der Waals surface area (Å²) in [5, 5.41) is 26.6. The fourth-order valence-electron chi connectivity index (χ4n) is 2.56. The van der Waals surface area contributed by atoms with E-state index >= 15 is 0 Å². The van der Waals surface area contributed by atoms with Crippen molar-refractivity contribution in [2.24, 2.45) is 0 Å². The van der Waals surface area contributed by atoms with Gasteiger partial charge in [-0.1, -0.05) is 19.1 Å². The molecule has 0 spiro atoms. The minimum Gasteiger partial charge on any atom is -0.493 e. The van der Waals surface area contributed by atoms with E-state index < -0.39 is 0 Å². The molecule has 0 saturated carbocycles. The highest BCUT2D eigenvalue weighted by atomic mass is 16.3. The molecule has 3 aromatic rings. The van der Waals surface area contributed by atoms with Crippen molar-refractivity contribution in [3.63, 3.8) is 0 Å². The lowest BCUT2D eigenvalue weighted by atomic mass is 10.0. The molecule has 0 aliphatic rings. The van der Waals surface area contributed by atoms with Gasteiger partial charge in [0, 0.05) is 6.42 Å². The number of anilines is 1. The Morgan fingerprint density at radius 2 is 2.00 bits per heavy atom. The predicted molar refractivity (Wildman–Crippen MR) is 96.8 cm³/mol. The van der Waals surface area contributed by atoms with Gasteiger partial charge in [-0.3, -0.25) is 4.79 Å². The molecular weight excluding hydrogens is 330 g/mol. The van der Waals surface area contributed by atoms with Crippen molar-refractivity contribution in [2.75, 3.05) is 5.32 Å². The number of nitriles is 1. The van der Waals surface area contributed by atoms with Crippen molar-refractivity contribution in [1.29, 1.82) is 5.26 Å². The van der Waals surface area contributed by atoms with Gasteiger partial charge in [0.1, 0.15) is 0 Å². The van der Waals surface area contributed by atoms with Crippen molar-refractivity contribution in [3.8, 4) is 28.9 Å². The molecule has 3 rings (SSSR count). The average molecular weight is 347 g/mol. The van der Waals surface area contributed by atoms with Crippen molar-refractivity contribution >= 4 is 11.6 Å². The molecule has 0 atom stereocenters. The van der Waals surface area contributed by atoms with Crippen molar-refractivity contribution in [1.82, 2.24) is 14.8 Å². The molecule has 0 bridgehead atoms. The third-order valence-corrected chi connectivity index (χ3v) is 3.91. The molecule has 1 amide bonds. The summed E-state index contributed by atoms with van der Waals surface area (Å²) in [4.78, 5) is 15.7. The maximum absolute atomic E-state index is 11.4. The largest absolute Gasteiger partial charge is 0.493 e. The minimum atomic E-state index is -0.0968. The summed E-state index contributed by atoms with van der Waals surface area (Å²) < 4.78 is 1.34. The Labute approximate surface area is 150 Å². The van der Waals surface area contributed by atoms with Gasteiger partial charge in [-0.2, -0.15) is 15.0 Å². The van der Waals surface area contributed by atoms with E-state index in [0.29, 0.717) is 34.7 Å². The van der Waals surface area contributed by atoms with Crippen LogP contribution in [0.3, 0.4) is 0 Å². The third-order valence-electron chi connectivity index (χ3n) is 3.91. The Morgan fingerprint density at radius 3 is 2.58 bits per heavy atom. The van der Waals surface area contributed by atoms with Gasteiger partial charge in [-0.15, -0.1) is 0 Å². The van der Waals surface area contributed by atoms with Gasteiger partial charge in [0.05, 0.1) is 34.8 Å². The molecule has 2 heterocycles. The van der Waals surface area contributed by atoms with E-state index in [1.165, 1.54) is 10.9 Å². The average Bonchev–Trinajstić information content (AvgIpc) is 2.96. The molecule has 0 aliphatic carbocycles. The van der Waals surface area contributed by atoms with Crippen LogP contribution in [0.1, 0.15) is 24.6 Å². The van der Waals surface area contributed by atoms with Crippen LogP contribution in [-0.4, -0.2) is 25.8 Å². The molecule has 2 N–H and O–H groups in total. The summed E-state index contributed by atoms with van der Waals surface area (Å²) >= 11 is 0. The van der Waals surface area contributed by atoms with Gasteiger partial charge < -0.3 is 10.4 Å². The monoisotopic (exact) mass is 347 g/mol. The molecule has 0 radical (unpaired) electrons. The number of nitrogens with one attached hydrogen (secondary N) is 1. The molecule has 0 fully saturated rings. The zero-order valence-electron chi connectivity index (χ0n) is 14.4. The second kappa shape index (κ2) is 7.07. The fourth-order valence-corrected chi connectivity index (χ4v) is 2.56. The number of hydrogen-bond acceptors (Lipinski definition) is 5. The van der Waals surface area contributed by atoms with Crippen molar-refractivity contribution in [3.05, 3.63) is 53.9 Å². The van der Waals surface area contributed by atoms with Gasteiger partial charge in [-0.25, -0.2) is 4.98 Å². The molecular formula is C19H17N5O2. The molecule has 7 heteroatoms. The van der Waals surface area contributed by atoms with Crippen molar-refractivity contribution < 1.29 is 9.90 Å². The van der Waals surface area contributed by atoms with Crippen molar-refractivity contribution in [2.45, 2.75) is 20.3 Å². The molecule has 130 valence electrons. The number of benzene rings is 1. The molecule has 1 aromatic carbocycles. The fraction of sp³-hybridized carbons (Fsp3) is 0.158. The number of aromatic hydroxyl groups is 1. The van der Waals surface area contributed by atoms with Crippen LogP contribution in [0.15, 0.2) is 42.6 Å². The number of aryl methyl sites for hydroxylation is 1. The maximum atomic E-state index is 11.4.